The second-order valence-electron chi connectivity index (χ2n) is 4.46. The monoisotopic (exact) mass is 269 g/mol. The molecule has 6 heteroatoms. The normalized spacial score (nSPS) is 13.5. The first-order chi connectivity index (χ1) is 8.79. The van der Waals surface area contributed by atoms with Gasteiger partial charge in [-0.2, -0.15) is 18.3 Å². The van der Waals surface area contributed by atoms with Crippen LogP contribution >= 0.6 is 0 Å². The Balaban J connectivity index is 2.27. The molecule has 3 nitrogen and oxygen atoms in total. The van der Waals surface area contributed by atoms with Crippen molar-refractivity contribution >= 4 is 5.82 Å². The lowest BCUT2D eigenvalue weighted by Crippen LogP contribution is -2.05. The molecule has 1 heterocycles. The van der Waals surface area contributed by atoms with Crippen molar-refractivity contribution in [1.29, 1.82) is 0 Å². The van der Waals surface area contributed by atoms with Crippen LogP contribution in [-0.2, 0) is 13.2 Å². The predicted molar refractivity (Wildman–Crippen MR) is 66.6 cm³/mol. The number of rotatable bonds is 2. The van der Waals surface area contributed by atoms with E-state index in [-0.39, 0.29) is 5.92 Å². The van der Waals surface area contributed by atoms with E-state index in [1.807, 2.05) is 6.92 Å². The summed E-state index contributed by atoms with van der Waals surface area (Å²) in [4.78, 5) is 0. The number of anilines is 1. The first-order valence-corrected chi connectivity index (χ1v) is 5.75. The molecule has 0 radical (unpaired) electrons. The van der Waals surface area contributed by atoms with Gasteiger partial charge in [-0.1, -0.05) is 19.1 Å². The summed E-state index contributed by atoms with van der Waals surface area (Å²) < 4.78 is 38.9. The Labute approximate surface area is 108 Å². The molecule has 0 fully saturated rings. The van der Waals surface area contributed by atoms with Crippen LogP contribution in [0.1, 0.15) is 29.7 Å². The Morgan fingerprint density at radius 2 is 1.79 bits per heavy atom. The van der Waals surface area contributed by atoms with Gasteiger partial charge in [0.05, 0.1) is 11.3 Å². The van der Waals surface area contributed by atoms with Crippen LogP contribution in [0, 0.1) is 0 Å². The van der Waals surface area contributed by atoms with Crippen LogP contribution < -0.4 is 5.73 Å². The molecule has 0 amide bonds. The number of benzene rings is 1. The fourth-order valence-electron chi connectivity index (χ4n) is 1.85. The fraction of sp³-hybridized carbons (Fsp3) is 0.308. The van der Waals surface area contributed by atoms with Crippen LogP contribution in [0.4, 0.5) is 19.0 Å². The predicted octanol–water partition coefficient (Wildman–Crippen LogP) is 3.17. The highest BCUT2D eigenvalue weighted by Crippen LogP contribution is 2.31. The number of nitrogens with two attached hydrogens (primary N) is 1. The molecule has 2 rings (SSSR count). The highest BCUT2D eigenvalue weighted by Gasteiger charge is 2.30. The summed E-state index contributed by atoms with van der Waals surface area (Å²) in [7, 11) is 1.72. The van der Waals surface area contributed by atoms with Crippen molar-refractivity contribution in [2.75, 3.05) is 5.73 Å². The Morgan fingerprint density at radius 1 is 1.21 bits per heavy atom. The highest BCUT2D eigenvalue weighted by atomic mass is 19.4. The van der Waals surface area contributed by atoms with Crippen LogP contribution in [-0.4, -0.2) is 9.78 Å². The van der Waals surface area contributed by atoms with E-state index in [0.717, 1.165) is 23.4 Å². The summed E-state index contributed by atoms with van der Waals surface area (Å²) in [5, 5.41) is 4.23. The van der Waals surface area contributed by atoms with E-state index in [2.05, 4.69) is 5.10 Å². The summed E-state index contributed by atoms with van der Waals surface area (Å²) in [5.41, 5.74) is 6.55. The Morgan fingerprint density at radius 3 is 2.21 bits per heavy atom. The summed E-state index contributed by atoms with van der Waals surface area (Å²) >= 11 is 0. The molecule has 2 N–H and O–H groups in total. The molecule has 0 saturated heterocycles. The van der Waals surface area contributed by atoms with Gasteiger partial charge in [-0.25, -0.2) is 0 Å². The zero-order valence-electron chi connectivity index (χ0n) is 10.6. The molecule has 1 atom stereocenters. The summed E-state index contributed by atoms with van der Waals surface area (Å²) in [6, 6.07) is 6.83. The van der Waals surface area contributed by atoms with Crippen molar-refractivity contribution in [2.45, 2.75) is 19.0 Å². The molecule has 1 aromatic heterocycles. The third-order valence-electron chi connectivity index (χ3n) is 3.12. The molecule has 2 aromatic rings. The lowest BCUT2D eigenvalue weighted by atomic mass is 9.97. The number of aryl methyl sites for hydroxylation is 1. The highest BCUT2D eigenvalue weighted by molar-refractivity contribution is 5.37. The minimum atomic E-state index is -4.31. The maximum absolute atomic E-state index is 12.5. The Hall–Kier alpha value is -1.98. The van der Waals surface area contributed by atoms with Gasteiger partial charge in [0, 0.05) is 19.0 Å². The van der Waals surface area contributed by atoms with E-state index >= 15 is 0 Å². The van der Waals surface area contributed by atoms with E-state index in [4.69, 9.17) is 5.73 Å². The van der Waals surface area contributed by atoms with Gasteiger partial charge in [0.25, 0.3) is 0 Å². The average Bonchev–Trinajstić information content (AvgIpc) is 2.68. The molecule has 0 spiro atoms. The first-order valence-electron chi connectivity index (χ1n) is 5.75. The van der Waals surface area contributed by atoms with Crippen LogP contribution in [0.2, 0.25) is 0 Å². The quantitative estimate of drug-likeness (QED) is 0.910. The molecule has 0 aliphatic rings. The van der Waals surface area contributed by atoms with Gasteiger partial charge in [0.15, 0.2) is 0 Å². The van der Waals surface area contributed by atoms with Crippen molar-refractivity contribution in [3.63, 3.8) is 0 Å². The Bertz CT molecular complexity index is 550. The minimum absolute atomic E-state index is 0.106. The van der Waals surface area contributed by atoms with Gasteiger partial charge in [0.2, 0.25) is 0 Å². The number of alkyl halides is 3. The smallest absolute Gasteiger partial charge is 0.384 e. The first kappa shape index (κ1) is 13.5. The summed E-state index contributed by atoms with van der Waals surface area (Å²) in [6.45, 7) is 1.88. The third-order valence-corrected chi connectivity index (χ3v) is 3.12. The SMILES string of the molecule is CC(c1ccc(C(F)(F)F)cc1)c1cc(N)n(C)n1. The second-order valence-corrected chi connectivity index (χ2v) is 4.46. The lowest BCUT2D eigenvalue weighted by molar-refractivity contribution is -0.137. The van der Waals surface area contributed by atoms with Crippen molar-refractivity contribution in [3.05, 3.63) is 47.2 Å². The molecule has 1 aromatic carbocycles. The lowest BCUT2D eigenvalue weighted by Gasteiger charge is -2.11. The topological polar surface area (TPSA) is 43.8 Å². The zero-order chi connectivity index (χ0) is 14.2. The van der Waals surface area contributed by atoms with Crippen LogP contribution in [0.15, 0.2) is 30.3 Å². The number of hydrogen-bond acceptors (Lipinski definition) is 2. The summed E-state index contributed by atoms with van der Waals surface area (Å²) in [5.74, 6) is 0.416. The van der Waals surface area contributed by atoms with E-state index in [9.17, 15) is 13.2 Å². The standard InChI is InChI=1S/C13H14F3N3/c1-8(11-7-12(17)19(2)18-11)9-3-5-10(6-4-9)13(14,15)16/h3-8H,17H2,1-2H3. The molecule has 0 saturated carbocycles. The van der Waals surface area contributed by atoms with E-state index in [1.54, 1.807) is 13.1 Å². The van der Waals surface area contributed by atoms with Crippen molar-refractivity contribution < 1.29 is 13.2 Å². The second kappa shape index (κ2) is 4.60. The largest absolute Gasteiger partial charge is 0.416 e. The number of aromatic nitrogens is 2. The molecular weight excluding hydrogens is 255 g/mol. The van der Waals surface area contributed by atoms with Gasteiger partial charge in [-0.15, -0.1) is 0 Å². The minimum Gasteiger partial charge on any atom is -0.384 e. The number of nitrogens with zero attached hydrogens (tertiary/aromatic N) is 2. The molecule has 19 heavy (non-hydrogen) atoms. The van der Waals surface area contributed by atoms with Gasteiger partial charge < -0.3 is 5.73 Å². The van der Waals surface area contributed by atoms with Crippen LogP contribution in [0.25, 0.3) is 0 Å². The van der Waals surface area contributed by atoms with E-state index < -0.39 is 11.7 Å². The van der Waals surface area contributed by atoms with Crippen molar-refractivity contribution in [1.82, 2.24) is 9.78 Å². The van der Waals surface area contributed by atoms with Gasteiger partial charge in [-0.05, 0) is 17.7 Å². The molecular formula is C13H14F3N3. The number of hydrogen-bond donors (Lipinski definition) is 1. The zero-order valence-corrected chi connectivity index (χ0v) is 10.6. The fourth-order valence-corrected chi connectivity index (χ4v) is 1.85. The van der Waals surface area contributed by atoms with Crippen LogP contribution in [0.3, 0.4) is 0 Å². The Kier molecular flexibility index (Phi) is 3.26. The third kappa shape index (κ3) is 2.72. The maximum atomic E-state index is 12.5. The summed E-state index contributed by atoms with van der Waals surface area (Å²) in [6.07, 6.45) is -4.31. The van der Waals surface area contributed by atoms with E-state index in [0.29, 0.717) is 5.82 Å². The van der Waals surface area contributed by atoms with Crippen molar-refractivity contribution in [2.24, 2.45) is 7.05 Å². The molecule has 0 aliphatic carbocycles. The maximum Gasteiger partial charge on any atom is 0.416 e. The number of halogens is 3. The van der Waals surface area contributed by atoms with Gasteiger partial charge in [-0.3, -0.25) is 4.68 Å². The van der Waals surface area contributed by atoms with Crippen molar-refractivity contribution in [3.8, 4) is 0 Å². The van der Waals surface area contributed by atoms with Gasteiger partial charge in [0.1, 0.15) is 5.82 Å². The number of nitrogen functional groups attached to an aromatic ring is 1. The van der Waals surface area contributed by atoms with E-state index in [1.165, 1.54) is 16.8 Å². The molecule has 1 unspecified atom stereocenters. The molecule has 0 bridgehead atoms. The average molecular weight is 269 g/mol. The van der Waals surface area contributed by atoms with Gasteiger partial charge >= 0.3 is 6.18 Å². The van der Waals surface area contributed by atoms with Crippen LogP contribution in [0.5, 0.6) is 0 Å². The molecule has 0 aliphatic heterocycles. The molecule has 102 valence electrons.